The Morgan fingerprint density at radius 1 is 1.57 bits per heavy atom. The van der Waals surface area contributed by atoms with Gasteiger partial charge in [-0.2, -0.15) is 0 Å². The molecule has 2 rings (SSSR count). The molecule has 1 saturated carbocycles. The van der Waals surface area contributed by atoms with Gasteiger partial charge in [-0.05, 0) is 19.1 Å². The van der Waals surface area contributed by atoms with Crippen LogP contribution in [0.5, 0.6) is 0 Å². The molecule has 0 radical (unpaired) electrons. The second kappa shape index (κ2) is 3.86. The Morgan fingerprint density at radius 2 is 2.29 bits per heavy atom. The molecule has 0 unspecified atom stereocenters. The Kier molecular flexibility index (Phi) is 2.73. The summed E-state index contributed by atoms with van der Waals surface area (Å²) in [5.74, 6) is 0.0660. The zero-order chi connectivity index (χ0) is 10.1. The van der Waals surface area contributed by atoms with Crippen LogP contribution in [-0.2, 0) is 4.79 Å². The molecule has 0 N–H and O–H groups in total. The number of hydrogen-bond acceptors (Lipinski definition) is 5. The molecular formula is C8H11N3OS2. The minimum atomic E-state index is 0.0660. The van der Waals surface area contributed by atoms with Gasteiger partial charge in [-0.15, -0.1) is 10.2 Å². The van der Waals surface area contributed by atoms with E-state index in [0.717, 1.165) is 22.3 Å². The third-order valence-corrected chi connectivity index (χ3v) is 3.93. The molecule has 0 bridgehead atoms. The maximum Gasteiger partial charge on any atom is 0.225 e. The van der Waals surface area contributed by atoms with Crippen molar-refractivity contribution in [1.82, 2.24) is 10.2 Å². The van der Waals surface area contributed by atoms with Crippen molar-refractivity contribution < 1.29 is 4.79 Å². The molecule has 1 aromatic heterocycles. The lowest BCUT2D eigenvalue weighted by atomic mass is 10.5. The van der Waals surface area contributed by atoms with E-state index in [-0.39, 0.29) is 5.91 Å². The van der Waals surface area contributed by atoms with E-state index in [1.54, 1.807) is 23.6 Å². The molecule has 0 aliphatic heterocycles. The molecule has 0 spiro atoms. The van der Waals surface area contributed by atoms with Crippen LogP contribution in [0.25, 0.3) is 0 Å². The van der Waals surface area contributed by atoms with E-state index in [2.05, 4.69) is 10.2 Å². The average molecular weight is 229 g/mol. The molecule has 1 aliphatic rings. The molecule has 0 aromatic carbocycles. The first-order valence-corrected chi connectivity index (χ1v) is 6.44. The summed E-state index contributed by atoms with van der Waals surface area (Å²) in [5, 5.41) is 8.75. The van der Waals surface area contributed by atoms with Crippen LogP contribution in [0.2, 0.25) is 0 Å². The van der Waals surface area contributed by atoms with E-state index in [0.29, 0.717) is 6.04 Å². The summed E-state index contributed by atoms with van der Waals surface area (Å²) in [4.78, 5) is 13.1. The van der Waals surface area contributed by atoms with Crippen LogP contribution in [0.15, 0.2) is 4.34 Å². The number of hydrogen-bond donors (Lipinski definition) is 0. The monoisotopic (exact) mass is 229 g/mol. The van der Waals surface area contributed by atoms with Crippen molar-refractivity contribution in [2.45, 2.75) is 30.1 Å². The second-order valence-corrected chi connectivity index (χ2v) is 5.18. The third-order valence-electron chi connectivity index (χ3n) is 2.03. The molecule has 76 valence electrons. The van der Waals surface area contributed by atoms with Gasteiger partial charge in [0.05, 0.1) is 0 Å². The van der Waals surface area contributed by atoms with E-state index in [9.17, 15) is 4.79 Å². The van der Waals surface area contributed by atoms with Gasteiger partial charge >= 0.3 is 0 Å². The van der Waals surface area contributed by atoms with Gasteiger partial charge in [0.25, 0.3) is 0 Å². The van der Waals surface area contributed by atoms with Crippen molar-refractivity contribution in [3.63, 3.8) is 0 Å². The highest BCUT2D eigenvalue weighted by molar-refractivity contribution is 8.00. The van der Waals surface area contributed by atoms with Gasteiger partial charge in [-0.3, -0.25) is 9.69 Å². The number of carbonyl (C=O) groups excluding carboxylic acids is 1. The minimum absolute atomic E-state index is 0.0660. The molecule has 14 heavy (non-hydrogen) atoms. The summed E-state index contributed by atoms with van der Waals surface area (Å²) in [6.45, 7) is 1.58. The maximum atomic E-state index is 11.4. The predicted octanol–water partition coefficient (Wildman–Crippen LogP) is 1.78. The highest BCUT2D eigenvalue weighted by Crippen LogP contribution is 2.35. The van der Waals surface area contributed by atoms with Crippen molar-refractivity contribution in [3.05, 3.63) is 0 Å². The zero-order valence-electron chi connectivity index (χ0n) is 8.06. The number of amides is 1. The summed E-state index contributed by atoms with van der Waals surface area (Å²) in [5.41, 5.74) is 0. The van der Waals surface area contributed by atoms with Crippen LogP contribution in [0.4, 0.5) is 5.13 Å². The number of rotatable bonds is 3. The molecule has 4 nitrogen and oxygen atoms in total. The molecule has 1 aliphatic carbocycles. The van der Waals surface area contributed by atoms with Crippen LogP contribution in [0, 0.1) is 0 Å². The van der Waals surface area contributed by atoms with Gasteiger partial charge in [-0.1, -0.05) is 23.1 Å². The van der Waals surface area contributed by atoms with E-state index in [1.807, 2.05) is 6.26 Å². The molecule has 1 fully saturated rings. The summed E-state index contributed by atoms with van der Waals surface area (Å²) >= 11 is 3.04. The van der Waals surface area contributed by atoms with Crippen LogP contribution in [-0.4, -0.2) is 28.4 Å². The van der Waals surface area contributed by atoms with Crippen molar-refractivity contribution >= 4 is 34.1 Å². The fourth-order valence-corrected chi connectivity index (χ4v) is 2.64. The van der Waals surface area contributed by atoms with E-state index in [4.69, 9.17) is 0 Å². The standard InChI is InChI=1S/C8H11N3OS2/c1-5(12)11(6-3-4-6)7-9-10-8(13-2)14-7/h6H,3-4H2,1-2H3. The van der Waals surface area contributed by atoms with Crippen LogP contribution >= 0.6 is 23.1 Å². The lowest BCUT2D eigenvalue weighted by Gasteiger charge is -2.15. The number of anilines is 1. The lowest BCUT2D eigenvalue weighted by molar-refractivity contribution is -0.116. The Balaban J connectivity index is 2.21. The van der Waals surface area contributed by atoms with Crippen LogP contribution in [0.1, 0.15) is 19.8 Å². The second-order valence-electron chi connectivity index (χ2n) is 3.17. The van der Waals surface area contributed by atoms with Gasteiger partial charge in [0.15, 0.2) is 4.34 Å². The first-order valence-electron chi connectivity index (χ1n) is 4.39. The van der Waals surface area contributed by atoms with E-state index < -0.39 is 0 Å². The Morgan fingerprint density at radius 3 is 2.71 bits per heavy atom. The topological polar surface area (TPSA) is 46.1 Å². The predicted molar refractivity (Wildman–Crippen MR) is 57.9 cm³/mol. The van der Waals surface area contributed by atoms with E-state index >= 15 is 0 Å². The van der Waals surface area contributed by atoms with E-state index in [1.165, 1.54) is 11.3 Å². The fourth-order valence-electron chi connectivity index (χ4n) is 1.26. The summed E-state index contributed by atoms with van der Waals surface area (Å²) < 4.78 is 0.909. The Bertz CT molecular complexity index is 348. The van der Waals surface area contributed by atoms with Crippen LogP contribution in [0.3, 0.4) is 0 Å². The molecule has 1 aromatic rings. The molecule has 1 heterocycles. The van der Waals surface area contributed by atoms with Crippen molar-refractivity contribution in [2.24, 2.45) is 0 Å². The summed E-state index contributed by atoms with van der Waals surface area (Å²) in [6, 6.07) is 0.371. The molecule has 0 saturated heterocycles. The SMILES string of the molecule is CSc1nnc(N(C(C)=O)C2CC2)s1. The zero-order valence-corrected chi connectivity index (χ0v) is 9.69. The van der Waals surface area contributed by atoms with Crippen molar-refractivity contribution in [3.8, 4) is 0 Å². The quantitative estimate of drug-likeness (QED) is 0.585. The summed E-state index contributed by atoms with van der Waals surface area (Å²) in [7, 11) is 0. The Labute approximate surface area is 90.7 Å². The highest BCUT2D eigenvalue weighted by atomic mass is 32.2. The smallest absolute Gasteiger partial charge is 0.225 e. The highest BCUT2D eigenvalue weighted by Gasteiger charge is 2.34. The van der Waals surface area contributed by atoms with Gasteiger partial charge < -0.3 is 0 Å². The van der Waals surface area contributed by atoms with Gasteiger partial charge in [0.1, 0.15) is 0 Å². The van der Waals surface area contributed by atoms with Gasteiger partial charge in [0, 0.05) is 13.0 Å². The average Bonchev–Trinajstić information content (AvgIpc) is 2.83. The molecule has 1 amide bonds. The third kappa shape index (κ3) is 1.90. The van der Waals surface area contributed by atoms with Gasteiger partial charge in [-0.25, -0.2) is 0 Å². The molecule has 0 atom stereocenters. The normalized spacial score (nSPS) is 15.6. The molecule has 6 heteroatoms. The number of aromatic nitrogens is 2. The van der Waals surface area contributed by atoms with Gasteiger partial charge in [0.2, 0.25) is 11.0 Å². The largest absolute Gasteiger partial charge is 0.284 e. The lowest BCUT2D eigenvalue weighted by Crippen LogP contribution is -2.30. The molecular weight excluding hydrogens is 218 g/mol. The first kappa shape index (κ1) is 9.92. The Hall–Kier alpha value is -0.620. The minimum Gasteiger partial charge on any atom is -0.284 e. The maximum absolute atomic E-state index is 11.4. The van der Waals surface area contributed by atoms with Crippen LogP contribution < -0.4 is 4.90 Å². The summed E-state index contributed by atoms with van der Waals surface area (Å²) in [6.07, 6.45) is 4.14. The first-order chi connectivity index (χ1) is 6.72. The number of carbonyl (C=O) groups is 1. The van der Waals surface area contributed by atoms with Crippen molar-refractivity contribution in [1.29, 1.82) is 0 Å². The fraction of sp³-hybridized carbons (Fsp3) is 0.625. The number of nitrogens with zero attached hydrogens (tertiary/aromatic N) is 3. The van der Waals surface area contributed by atoms with Crippen molar-refractivity contribution in [2.75, 3.05) is 11.2 Å². The number of thioether (sulfide) groups is 1.